The second-order valence-electron chi connectivity index (χ2n) is 2.42. The molecule has 0 aromatic carbocycles. The highest BCUT2D eigenvalue weighted by Crippen LogP contribution is 2.02. The minimum absolute atomic E-state index is 0.606. The summed E-state index contributed by atoms with van der Waals surface area (Å²) in [7, 11) is 0. The lowest BCUT2D eigenvalue weighted by Crippen LogP contribution is -1.94. The quantitative estimate of drug-likeness (QED) is 0.624. The summed E-state index contributed by atoms with van der Waals surface area (Å²) >= 11 is 0. The minimum atomic E-state index is 0.606. The largest absolute Gasteiger partial charge is 0.232 e. The third kappa shape index (κ3) is 1.11. The standard InChI is InChI=1S/C8H8N4/c1-2-6-5-11-7-8(12-6)10-4-3-9-7/h3-5H,2H2,1H3. The van der Waals surface area contributed by atoms with Crippen LogP contribution in [0.25, 0.3) is 11.3 Å². The average Bonchev–Trinajstić information content (AvgIpc) is 2.17. The number of hydrogen-bond donors (Lipinski definition) is 0. The third-order valence-electron chi connectivity index (χ3n) is 1.61. The Morgan fingerprint density at radius 1 is 1.08 bits per heavy atom. The van der Waals surface area contributed by atoms with E-state index in [-0.39, 0.29) is 0 Å². The van der Waals surface area contributed by atoms with Gasteiger partial charge in [-0.15, -0.1) is 0 Å². The van der Waals surface area contributed by atoms with Crippen molar-refractivity contribution in [3.05, 3.63) is 24.3 Å². The summed E-state index contributed by atoms with van der Waals surface area (Å²) in [6, 6.07) is 0. The molecule has 12 heavy (non-hydrogen) atoms. The van der Waals surface area contributed by atoms with Gasteiger partial charge in [0.05, 0.1) is 11.9 Å². The number of hydrogen-bond acceptors (Lipinski definition) is 4. The molecule has 4 heteroatoms. The van der Waals surface area contributed by atoms with Crippen LogP contribution < -0.4 is 0 Å². The Kier molecular flexibility index (Phi) is 1.66. The highest BCUT2D eigenvalue weighted by molar-refractivity contribution is 5.62. The van der Waals surface area contributed by atoms with E-state index in [0.29, 0.717) is 11.3 Å². The zero-order chi connectivity index (χ0) is 8.39. The van der Waals surface area contributed by atoms with Crippen molar-refractivity contribution in [2.75, 3.05) is 0 Å². The summed E-state index contributed by atoms with van der Waals surface area (Å²) in [4.78, 5) is 16.4. The summed E-state index contributed by atoms with van der Waals surface area (Å²) in [5.41, 5.74) is 2.18. The molecule has 0 N–H and O–H groups in total. The summed E-state index contributed by atoms with van der Waals surface area (Å²) in [5.74, 6) is 0. The number of aromatic nitrogens is 4. The molecule has 0 spiro atoms. The van der Waals surface area contributed by atoms with Gasteiger partial charge in [-0.05, 0) is 6.42 Å². The van der Waals surface area contributed by atoms with Gasteiger partial charge in [-0.2, -0.15) is 0 Å². The van der Waals surface area contributed by atoms with Crippen LogP contribution in [0.3, 0.4) is 0 Å². The summed E-state index contributed by atoms with van der Waals surface area (Å²) in [6.07, 6.45) is 5.84. The molecule has 0 saturated heterocycles. The van der Waals surface area contributed by atoms with E-state index in [1.54, 1.807) is 18.6 Å². The molecule has 0 saturated carbocycles. The number of aryl methyl sites for hydroxylation is 1. The summed E-state index contributed by atoms with van der Waals surface area (Å²) in [5, 5.41) is 0. The van der Waals surface area contributed by atoms with Gasteiger partial charge in [-0.3, -0.25) is 0 Å². The monoisotopic (exact) mass is 160 g/mol. The van der Waals surface area contributed by atoms with Gasteiger partial charge in [-0.1, -0.05) is 6.92 Å². The first-order valence-electron chi connectivity index (χ1n) is 3.83. The van der Waals surface area contributed by atoms with Crippen molar-refractivity contribution in [2.45, 2.75) is 13.3 Å². The Balaban J connectivity index is 2.67. The van der Waals surface area contributed by atoms with Gasteiger partial charge in [0.1, 0.15) is 0 Å². The molecule has 2 aromatic heterocycles. The fraction of sp³-hybridized carbons (Fsp3) is 0.250. The second-order valence-corrected chi connectivity index (χ2v) is 2.42. The predicted octanol–water partition coefficient (Wildman–Crippen LogP) is 0.982. The smallest absolute Gasteiger partial charge is 0.198 e. The zero-order valence-electron chi connectivity index (χ0n) is 6.73. The molecule has 2 heterocycles. The predicted molar refractivity (Wildman–Crippen MR) is 44.5 cm³/mol. The van der Waals surface area contributed by atoms with E-state index in [2.05, 4.69) is 19.9 Å². The second kappa shape index (κ2) is 2.81. The SMILES string of the molecule is CCc1cnc2nccnc2n1. The molecule has 0 aliphatic rings. The topological polar surface area (TPSA) is 51.6 Å². The molecule has 0 radical (unpaired) electrons. The number of rotatable bonds is 1. The molecule has 0 aliphatic heterocycles. The van der Waals surface area contributed by atoms with Crippen molar-refractivity contribution in [1.29, 1.82) is 0 Å². The molecule has 0 fully saturated rings. The van der Waals surface area contributed by atoms with Gasteiger partial charge in [0.2, 0.25) is 0 Å². The Morgan fingerprint density at radius 3 is 2.58 bits per heavy atom. The first-order chi connectivity index (χ1) is 5.90. The molecular formula is C8H8N4. The van der Waals surface area contributed by atoms with Crippen LogP contribution >= 0.6 is 0 Å². The lowest BCUT2D eigenvalue weighted by Gasteiger charge is -1.95. The van der Waals surface area contributed by atoms with E-state index in [1.165, 1.54) is 0 Å². The zero-order valence-corrected chi connectivity index (χ0v) is 6.73. The molecule has 2 aromatic rings. The molecule has 60 valence electrons. The van der Waals surface area contributed by atoms with Crippen molar-refractivity contribution >= 4 is 11.3 Å². The fourth-order valence-electron chi connectivity index (χ4n) is 0.964. The average molecular weight is 160 g/mol. The number of fused-ring (bicyclic) bond motifs is 1. The van der Waals surface area contributed by atoms with Crippen LogP contribution in [0.1, 0.15) is 12.6 Å². The first kappa shape index (κ1) is 7.09. The van der Waals surface area contributed by atoms with Crippen LogP contribution in [-0.2, 0) is 6.42 Å². The molecule has 4 nitrogen and oxygen atoms in total. The maximum absolute atomic E-state index is 4.26. The van der Waals surface area contributed by atoms with Crippen LogP contribution in [0.15, 0.2) is 18.6 Å². The molecule has 0 atom stereocenters. The maximum atomic E-state index is 4.26. The van der Waals surface area contributed by atoms with E-state index in [1.807, 2.05) is 6.92 Å². The van der Waals surface area contributed by atoms with E-state index in [4.69, 9.17) is 0 Å². The van der Waals surface area contributed by atoms with Gasteiger partial charge in [-0.25, -0.2) is 19.9 Å². The van der Waals surface area contributed by atoms with Crippen molar-refractivity contribution in [1.82, 2.24) is 19.9 Å². The normalized spacial score (nSPS) is 10.4. The van der Waals surface area contributed by atoms with Crippen LogP contribution in [-0.4, -0.2) is 19.9 Å². The first-order valence-corrected chi connectivity index (χ1v) is 3.83. The van der Waals surface area contributed by atoms with Crippen molar-refractivity contribution in [3.8, 4) is 0 Å². The lowest BCUT2D eigenvalue weighted by molar-refractivity contribution is 1.01. The van der Waals surface area contributed by atoms with Gasteiger partial charge < -0.3 is 0 Å². The molecule has 0 amide bonds. The Morgan fingerprint density at radius 2 is 1.83 bits per heavy atom. The van der Waals surface area contributed by atoms with Crippen LogP contribution in [0.5, 0.6) is 0 Å². The Bertz CT molecular complexity index is 399. The highest BCUT2D eigenvalue weighted by atomic mass is 15.0. The Labute approximate surface area is 69.7 Å². The summed E-state index contributed by atoms with van der Waals surface area (Å²) in [6.45, 7) is 2.03. The fourth-order valence-corrected chi connectivity index (χ4v) is 0.964. The minimum Gasteiger partial charge on any atom is -0.232 e. The maximum Gasteiger partial charge on any atom is 0.198 e. The van der Waals surface area contributed by atoms with E-state index >= 15 is 0 Å². The van der Waals surface area contributed by atoms with Crippen molar-refractivity contribution in [2.24, 2.45) is 0 Å². The van der Waals surface area contributed by atoms with E-state index < -0.39 is 0 Å². The third-order valence-corrected chi connectivity index (χ3v) is 1.61. The molecule has 2 rings (SSSR count). The summed E-state index contributed by atoms with van der Waals surface area (Å²) < 4.78 is 0. The lowest BCUT2D eigenvalue weighted by atomic mass is 10.3. The van der Waals surface area contributed by atoms with Gasteiger partial charge in [0, 0.05) is 12.4 Å². The van der Waals surface area contributed by atoms with E-state index in [9.17, 15) is 0 Å². The van der Waals surface area contributed by atoms with Crippen LogP contribution in [0.2, 0.25) is 0 Å². The number of nitrogens with zero attached hydrogens (tertiary/aromatic N) is 4. The van der Waals surface area contributed by atoms with Crippen LogP contribution in [0, 0.1) is 0 Å². The highest BCUT2D eigenvalue weighted by Gasteiger charge is 1.97. The Hall–Kier alpha value is -1.58. The van der Waals surface area contributed by atoms with Crippen molar-refractivity contribution < 1.29 is 0 Å². The van der Waals surface area contributed by atoms with Gasteiger partial charge in [0.25, 0.3) is 0 Å². The van der Waals surface area contributed by atoms with Crippen molar-refractivity contribution in [3.63, 3.8) is 0 Å². The molecule has 0 bridgehead atoms. The van der Waals surface area contributed by atoms with Gasteiger partial charge in [0.15, 0.2) is 11.3 Å². The van der Waals surface area contributed by atoms with Crippen LogP contribution in [0.4, 0.5) is 0 Å². The van der Waals surface area contributed by atoms with Gasteiger partial charge >= 0.3 is 0 Å². The molecule has 0 unspecified atom stereocenters. The van der Waals surface area contributed by atoms with E-state index in [0.717, 1.165) is 12.1 Å². The molecular weight excluding hydrogens is 152 g/mol. The molecule has 0 aliphatic carbocycles.